The number of rotatable bonds is 3. The first-order valence-corrected chi connectivity index (χ1v) is 8.61. The summed E-state index contributed by atoms with van der Waals surface area (Å²) in [5.74, 6) is 3.83. The summed E-state index contributed by atoms with van der Waals surface area (Å²) in [5.41, 5.74) is 2.63. The van der Waals surface area contributed by atoms with Gasteiger partial charge in [-0.15, -0.1) is 0 Å². The molecule has 1 heterocycles. The van der Waals surface area contributed by atoms with Gasteiger partial charge in [0.25, 0.3) is 0 Å². The number of hydrogen-bond acceptors (Lipinski definition) is 3. The molecule has 5 rings (SSSR count). The Morgan fingerprint density at radius 3 is 1.95 bits per heavy atom. The molecule has 0 amide bonds. The van der Waals surface area contributed by atoms with Crippen molar-refractivity contribution in [3.63, 3.8) is 0 Å². The molecule has 4 aliphatic rings. The van der Waals surface area contributed by atoms with Crippen LogP contribution in [0.5, 0.6) is 0 Å². The standard InChI is InChI=1S/C18H27N3/c1-11-4-12(2)20-17(19-11)21-13(3)18-8-14-5-15(9-18)7-16(6-14)10-18/h4,13-16H,5-10H2,1-3H3,(H,19,20,21). The largest absolute Gasteiger partial charge is 0.351 e. The molecule has 0 spiro atoms. The summed E-state index contributed by atoms with van der Waals surface area (Å²) >= 11 is 0. The first kappa shape index (κ1) is 13.5. The van der Waals surface area contributed by atoms with E-state index in [0.29, 0.717) is 11.5 Å². The van der Waals surface area contributed by atoms with E-state index in [1.54, 1.807) is 0 Å². The van der Waals surface area contributed by atoms with E-state index in [9.17, 15) is 0 Å². The molecule has 4 aliphatic carbocycles. The maximum absolute atomic E-state index is 4.58. The summed E-state index contributed by atoms with van der Waals surface area (Å²) < 4.78 is 0. The Labute approximate surface area is 128 Å². The highest BCUT2D eigenvalue weighted by Gasteiger charge is 2.53. The van der Waals surface area contributed by atoms with Gasteiger partial charge in [0.1, 0.15) is 0 Å². The Morgan fingerprint density at radius 2 is 1.48 bits per heavy atom. The van der Waals surface area contributed by atoms with E-state index in [4.69, 9.17) is 0 Å². The van der Waals surface area contributed by atoms with E-state index < -0.39 is 0 Å². The Kier molecular flexibility index (Phi) is 3.02. The monoisotopic (exact) mass is 285 g/mol. The molecule has 4 saturated carbocycles. The summed E-state index contributed by atoms with van der Waals surface area (Å²) in [6, 6.07) is 2.53. The average Bonchev–Trinajstić information content (AvgIpc) is 2.35. The molecule has 1 atom stereocenters. The van der Waals surface area contributed by atoms with E-state index >= 15 is 0 Å². The molecule has 0 radical (unpaired) electrons. The van der Waals surface area contributed by atoms with Crippen LogP contribution < -0.4 is 5.32 Å². The lowest BCUT2D eigenvalue weighted by Crippen LogP contribution is -2.53. The van der Waals surface area contributed by atoms with E-state index in [1.807, 2.05) is 6.07 Å². The van der Waals surface area contributed by atoms with Crippen molar-refractivity contribution in [2.24, 2.45) is 23.2 Å². The van der Waals surface area contributed by atoms with Crippen molar-refractivity contribution in [2.45, 2.75) is 65.3 Å². The fourth-order valence-corrected chi connectivity index (χ4v) is 5.85. The molecule has 3 heteroatoms. The molecule has 1 aromatic heterocycles. The molecule has 0 aliphatic heterocycles. The predicted octanol–water partition coefficient (Wildman–Crippen LogP) is 4.11. The molecule has 114 valence electrons. The van der Waals surface area contributed by atoms with E-state index in [0.717, 1.165) is 35.1 Å². The molecule has 21 heavy (non-hydrogen) atoms. The molecule has 1 unspecified atom stereocenters. The highest BCUT2D eigenvalue weighted by Crippen LogP contribution is 2.61. The second-order valence-electron chi connectivity index (χ2n) is 8.12. The number of aromatic nitrogens is 2. The minimum atomic E-state index is 0.493. The highest BCUT2D eigenvalue weighted by molar-refractivity contribution is 5.30. The number of aryl methyl sites for hydroxylation is 2. The predicted molar refractivity (Wildman–Crippen MR) is 85.2 cm³/mol. The number of hydrogen-bond donors (Lipinski definition) is 1. The van der Waals surface area contributed by atoms with Crippen LogP contribution in [0.15, 0.2) is 6.07 Å². The van der Waals surface area contributed by atoms with E-state index in [-0.39, 0.29) is 0 Å². The van der Waals surface area contributed by atoms with Crippen LogP contribution >= 0.6 is 0 Å². The SMILES string of the molecule is Cc1cc(C)nc(NC(C)C23CC4CC(CC(C4)C2)C3)n1. The van der Waals surface area contributed by atoms with Gasteiger partial charge >= 0.3 is 0 Å². The Hall–Kier alpha value is -1.12. The van der Waals surface area contributed by atoms with Gasteiger partial charge in [-0.05, 0) is 88.5 Å². The Balaban J connectivity index is 1.55. The fourth-order valence-electron chi connectivity index (χ4n) is 5.85. The minimum absolute atomic E-state index is 0.493. The van der Waals surface area contributed by atoms with Crippen molar-refractivity contribution in [1.29, 1.82) is 0 Å². The van der Waals surface area contributed by atoms with Gasteiger partial charge in [0, 0.05) is 17.4 Å². The third kappa shape index (κ3) is 2.35. The Bertz CT molecular complexity index is 496. The van der Waals surface area contributed by atoms with Gasteiger partial charge in [0.2, 0.25) is 5.95 Å². The van der Waals surface area contributed by atoms with Crippen molar-refractivity contribution >= 4 is 5.95 Å². The summed E-state index contributed by atoms with van der Waals surface area (Å²) in [7, 11) is 0. The Morgan fingerprint density at radius 1 is 1.00 bits per heavy atom. The quantitative estimate of drug-likeness (QED) is 0.908. The zero-order valence-corrected chi connectivity index (χ0v) is 13.5. The summed E-state index contributed by atoms with van der Waals surface area (Å²) in [6.07, 6.45) is 8.80. The van der Waals surface area contributed by atoms with Crippen LogP contribution in [0.3, 0.4) is 0 Å². The van der Waals surface area contributed by atoms with Crippen molar-refractivity contribution in [1.82, 2.24) is 9.97 Å². The molecule has 4 fully saturated rings. The van der Waals surface area contributed by atoms with Gasteiger partial charge in [-0.25, -0.2) is 9.97 Å². The van der Waals surface area contributed by atoms with Crippen molar-refractivity contribution in [3.05, 3.63) is 17.5 Å². The van der Waals surface area contributed by atoms with Gasteiger partial charge in [-0.1, -0.05) is 0 Å². The molecule has 1 aromatic rings. The zero-order chi connectivity index (χ0) is 14.6. The smallest absolute Gasteiger partial charge is 0.223 e. The topological polar surface area (TPSA) is 37.8 Å². The number of nitrogens with one attached hydrogen (secondary N) is 1. The van der Waals surface area contributed by atoms with Crippen LogP contribution in [0.1, 0.15) is 56.8 Å². The van der Waals surface area contributed by atoms with Crippen molar-refractivity contribution < 1.29 is 0 Å². The number of anilines is 1. The van der Waals surface area contributed by atoms with Gasteiger partial charge in [0.05, 0.1) is 0 Å². The normalized spacial score (nSPS) is 38.5. The molecule has 0 aromatic carbocycles. The molecule has 3 nitrogen and oxygen atoms in total. The second-order valence-corrected chi connectivity index (χ2v) is 8.12. The van der Waals surface area contributed by atoms with Crippen LogP contribution in [-0.2, 0) is 0 Å². The van der Waals surface area contributed by atoms with Gasteiger partial charge in [-0.2, -0.15) is 0 Å². The molecular formula is C18H27N3. The van der Waals surface area contributed by atoms with Crippen molar-refractivity contribution in [3.8, 4) is 0 Å². The zero-order valence-electron chi connectivity index (χ0n) is 13.5. The molecule has 1 N–H and O–H groups in total. The van der Waals surface area contributed by atoms with Crippen LogP contribution in [0.4, 0.5) is 5.95 Å². The van der Waals surface area contributed by atoms with Crippen LogP contribution in [0.2, 0.25) is 0 Å². The first-order chi connectivity index (χ1) is 10.0. The third-order valence-corrected chi connectivity index (χ3v) is 6.33. The average molecular weight is 285 g/mol. The molecular weight excluding hydrogens is 258 g/mol. The lowest BCUT2D eigenvalue weighted by atomic mass is 9.48. The summed E-state index contributed by atoms with van der Waals surface area (Å²) in [6.45, 7) is 6.47. The van der Waals surface area contributed by atoms with Crippen LogP contribution in [0, 0.1) is 37.0 Å². The van der Waals surface area contributed by atoms with Crippen molar-refractivity contribution in [2.75, 3.05) is 5.32 Å². The highest BCUT2D eigenvalue weighted by atomic mass is 15.1. The van der Waals surface area contributed by atoms with Gasteiger partial charge < -0.3 is 5.32 Å². The summed E-state index contributed by atoms with van der Waals surface area (Å²) in [4.78, 5) is 9.16. The van der Waals surface area contributed by atoms with Gasteiger partial charge in [-0.3, -0.25) is 0 Å². The van der Waals surface area contributed by atoms with E-state index in [1.165, 1.54) is 38.5 Å². The maximum Gasteiger partial charge on any atom is 0.223 e. The second kappa shape index (κ2) is 4.69. The molecule has 4 bridgehead atoms. The minimum Gasteiger partial charge on any atom is -0.351 e. The van der Waals surface area contributed by atoms with Crippen LogP contribution in [0.25, 0.3) is 0 Å². The summed E-state index contributed by atoms with van der Waals surface area (Å²) in [5, 5.41) is 3.66. The van der Waals surface area contributed by atoms with Crippen LogP contribution in [-0.4, -0.2) is 16.0 Å². The first-order valence-electron chi connectivity index (χ1n) is 8.61. The van der Waals surface area contributed by atoms with E-state index in [2.05, 4.69) is 36.1 Å². The third-order valence-electron chi connectivity index (χ3n) is 6.33. The lowest BCUT2D eigenvalue weighted by Gasteiger charge is -2.59. The number of nitrogens with zero attached hydrogens (tertiary/aromatic N) is 2. The van der Waals surface area contributed by atoms with Gasteiger partial charge in [0.15, 0.2) is 0 Å². The lowest BCUT2D eigenvalue weighted by molar-refractivity contribution is -0.0603. The molecule has 0 saturated heterocycles. The fraction of sp³-hybridized carbons (Fsp3) is 0.778. The maximum atomic E-state index is 4.58.